The molecule has 2 heterocycles. The molecule has 1 aliphatic heterocycles. The minimum atomic E-state index is -0.506. The van der Waals surface area contributed by atoms with E-state index in [0.29, 0.717) is 35.5 Å². The van der Waals surface area contributed by atoms with Crippen LogP contribution >= 0.6 is 0 Å². The highest BCUT2D eigenvalue weighted by Gasteiger charge is 2.83. The summed E-state index contributed by atoms with van der Waals surface area (Å²) in [4.78, 5) is 25.8. The highest BCUT2D eigenvalue weighted by molar-refractivity contribution is 5.69. The highest BCUT2D eigenvalue weighted by Crippen LogP contribution is 2.84. The standard InChI is InChI=1S/C36H54N2O4/c1-6-7-8-11-26-16-33(42-32(26)21-38(5)20-28-12-9-10-15-37-28)35-19-29-25(4)13-14-30(29)34(22-39)18-27(35)17-31(24(2)3)36(34,35)23-41-40/h9-10,12,15,17,22,24-27,29-30,32-33,40H,6-8,11,13-14,16,18-21,23H2,1-5H3/t25-,26?,27?,29-,30-,32?,33?,34?,35?,36?/m1/s1. The van der Waals surface area contributed by atoms with Gasteiger partial charge in [-0.25, -0.2) is 4.89 Å². The number of ether oxygens (including phenoxy) is 1. The average molecular weight is 579 g/mol. The van der Waals surface area contributed by atoms with Gasteiger partial charge in [0, 0.05) is 35.5 Å². The van der Waals surface area contributed by atoms with Gasteiger partial charge in [0.05, 0.1) is 24.5 Å². The summed E-state index contributed by atoms with van der Waals surface area (Å²) >= 11 is 0. The monoisotopic (exact) mass is 578 g/mol. The van der Waals surface area contributed by atoms with Crippen LogP contribution in [0.1, 0.15) is 91.2 Å². The zero-order valence-corrected chi connectivity index (χ0v) is 26.6. The van der Waals surface area contributed by atoms with Crippen LogP contribution in [-0.4, -0.2) is 53.8 Å². The lowest BCUT2D eigenvalue weighted by atomic mass is 9.42. The Labute approximate surface area is 253 Å². The van der Waals surface area contributed by atoms with E-state index in [9.17, 15) is 10.1 Å². The van der Waals surface area contributed by atoms with Crippen molar-refractivity contribution in [1.82, 2.24) is 9.88 Å². The molecular weight excluding hydrogens is 524 g/mol. The Hall–Kier alpha value is -1.60. The van der Waals surface area contributed by atoms with Crippen LogP contribution in [0.3, 0.4) is 0 Å². The fourth-order valence-corrected chi connectivity index (χ4v) is 11.5. The van der Waals surface area contributed by atoms with Crippen molar-refractivity contribution in [3.63, 3.8) is 0 Å². The van der Waals surface area contributed by atoms with Crippen LogP contribution in [0.4, 0.5) is 0 Å². The number of aldehydes is 1. The molecule has 7 unspecified atom stereocenters. The number of rotatable bonds is 13. The van der Waals surface area contributed by atoms with Gasteiger partial charge in [-0.05, 0) is 86.8 Å². The van der Waals surface area contributed by atoms with E-state index in [2.05, 4.69) is 62.8 Å². The Balaban J connectivity index is 1.37. The van der Waals surface area contributed by atoms with Gasteiger partial charge in [0.25, 0.3) is 0 Å². The molecule has 1 N–H and O–H groups in total. The number of allylic oxidation sites excluding steroid dienone is 1. The van der Waals surface area contributed by atoms with Crippen LogP contribution in [0.5, 0.6) is 0 Å². The summed E-state index contributed by atoms with van der Waals surface area (Å²) in [5.41, 5.74) is 1.22. The minimum absolute atomic E-state index is 0.0561. The van der Waals surface area contributed by atoms with Crippen molar-refractivity contribution in [1.29, 1.82) is 0 Å². The molecule has 4 fully saturated rings. The molecule has 1 aromatic heterocycles. The summed E-state index contributed by atoms with van der Waals surface area (Å²) in [7, 11) is 2.19. The van der Waals surface area contributed by atoms with Crippen molar-refractivity contribution in [2.24, 2.45) is 51.8 Å². The van der Waals surface area contributed by atoms with Gasteiger partial charge < -0.3 is 9.53 Å². The zero-order valence-electron chi connectivity index (χ0n) is 26.6. The summed E-state index contributed by atoms with van der Waals surface area (Å²) < 4.78 is 7.38. The number of pyridine rings is 1. The van der Waals surface area contributed by atoms with Crippen LogP contribution in [0.2, 0.25) is 0 Å². The lowest BCUT2D eigenvalue weighted by Crippen LogP contribution is -2.63. The largest absolute Gasteiger partial charge is 0.373 e. The topological polar surface area (TPSA) is 71.9 Å². The van der Waals surface area contributed by atoms with E-state index < -0.39 is 10.8 Å². The Morgan fingerprint density at radius 3 is 2.76 bits per heavy atom. The SMILES string of the molecule is CCCCCC1CC(C23C[C@@H]4[C@H](C)CC[C@H]4C4(C=O)CC2C=C(C(C)C)C34COO)OC1CN(C)Cc1ccccn1. The third-order valence-corrected chi connectivity index (χ3v) is 13.0. The quantitative estimate of drug-likeness (QED) is 0.0878. The molecule has 4 bridgehead atoms. The molecule has 6 heteroatoms. The van der Waals surface area contributed by atoms with Crippen LogP contribution in [-0.2, 0) is 21.0 Å². The van der Waals surface area contributed by atoms with Crippen molar-refractivity contribution in [2.75, 3.05) is 20.2 Å². The summed E-state index contributed by atoms with van der Waals surface area (Å²) in [5, 5.41) is 10.3. The molecule has 42 heavy (non-hydrogen) atoms. The number of hydrogen-bond donors (Lipinski definition) is 1. The average Bonchev–Trinajstić information content (AvgIpc) is 3.66. The number of carbonyl (C=O) groups excluding carboxylic acids is 1. The first-order valence-electron chi connectivity index (χ1n) is 17.0. The molecule has 1 aromatic rings. The molecule has 232 valence electrons. The lowest BCUT2D eigenvalue weighted by Gasteiger charge is -2.61. The highest BCUT2D eigenvalue weighted by atomic mass is 17.1. The van der Waals surface area contributed by atoms with E-state index in [1.54, 1.807) is 0 Å². The van der Waals surface area contributed by atoms with E-state index in [1.165, 1.54) is 44.0 Å². The molecular formula is C36H54N2O4. The molecule has 6 nitrogen and oxygen atoms in total. The Morgan fingerprint density at radius 2 is 2.07 bits per heavy atom. The lowest BCUT2D eigenvalue weighted by molar-refractivity contribution is -0.293. The number of fused-ring (bicyclic) bond motifs is 2. The third-order valence-electron chi connectivity index (χ3n) is 13.0. The molecule has 1 saturated heterocycles. The van der Waals surface area contributed by atoms with Crippen LogP contribution in [0.15, 0.2) is 36.0 Å². The maximum absolute atomic E-state index is 13.6. The van der Waals surface area contributed by atoms with Gasteiger partial charge >= 0.3 is 0 Å². The molecule has 0 radical (unpaired) electrons. The molecule has 3 saturated carbocycles. The van der Waals surface area contributed by atoms with Crippen LogP contribution in [0.25, 0.3) is 0 Å². The number of hydrogen-bond acceptors (Lipinski definition) is 6. The number of aromatic nitrogens is 1. The van der Waals surface area contributed by atoms with Gasteiger partial charge in [-0.3, -0.25) is 15.1 Å². The van der Waals surface area contributed by atoms with Crippen molar-refractivity contribution < 1.29 is 19.7 Å². The molecule has 0 amide bonds. The van der Waals surface area contributed by atoms with Crippen molar-refractivity contribution in [3.8, 4) is 0 Å². The molecule has 4 aliphatic carbocycles. The van der Waals surface area contributed by atoms with Gasteiger partial charge in [0.1, 0.15) is 6.29 Å². The van der Waals surface area contributed by atoms with Gasteiger partial charge in [-0.2, -0.15) is 0 Å². The fraction of sp³-hybridized carbons (Fsp3) is 0.778. The van der Waals surface area contributed by atoms with Crippen LogP contribution < -0.4 is 0 Å². The smallest absolute Gasteiger partial charge is 0.127 e. The number of likely N-dealkylation sites (N-methyl/N-ethyl adjacent to an activating group) is 1. The van der Waals surface area contributed by atoms with Crippen molar-refractivity contribution in [3.05, 3.63) is 41.7 Å². The normalized spacial score (nSPS) is 42.0. The molecule has 0 spiro atoms. The van der Waals surface area contributed by atoms with E-state index in [0.717, 1.165) is 44.5 Å². The third kappa shape index (κ3) is 4.33. The Bertz CT molecular complexity index is 1140. The maximum atomic E-state index is 13.6. The van der Waals surface area contributed by atoms with Crippen molar-refractivity contribution in [2.45, 2.75) is 104 Å². The predicted molar refractivity (Wildman–Crippen MR) is 164 cm³/mol. The minimum Gasteiger partial charge on any atom is -0.373 e. The number of carbonyl (C=O) groups is 1. The second-order valence-electron chi connectivity index (χ2n) is 15.2. The number of unbranched alkanes of at least 4 members (excludes halogenated alkanes) is 2. The molecule has 10 atom stereocenters. The van der Waals surface area contributed by atoms with E-state index in [1.807, 2.05) is 12.3 Å². The van der Waals surface area contributed by atoms with E-state index >= 15 is 0 Å². The van der Waals surface area contributed by atoms with Gasteiger partial charge in [0.15, 0.2) is 0 Å². The molecule has 6 rings (SSSR count). The molecule has 5 aliphatic rings. The zero-order chi connectivity index (χ0) is 29.7. The second-order valence-corrected chi connectivity index (χ2v) is 15.2. The summed E-state index contributed by atoms with van der Waals surface area (Å²) in [6, 6.07) is 6.13. The maximum Gasteiger partial charge on any atom is 0.127 e. The van der Waals surface area contributed by atoms with E-state index in [-0.39, 0.29) is 24.2 Å². The Morgan fingerprint density at radius 1 is 1.24 bits per heavy atom. The van der Waals surface area contributed by atoms with Gasteiger partial charge in [-0.1, -0.05) is 71.1 Å². The van der Waals surface area contributed by atoms with Crippen LogP contribution in [0, 0.1) is 51.8 Å². The second kappa shape index (κ2) is 11.7. The Kier molecular flexibility index (Phi) is 8.49. The van der Waals surface area contributed by atoms with E-state index in [4.69, 9.17) is 9.62 Å². The van der Waals surface area contributed by atoms with Crippen molar-refractivity contribution >= 4 is 6.29 Å². The first-order valence-corrected chi connectivity index (χ1v) is 17.0. The first kappa shape index (κ1) is 30.4. The van der Waals surface area contributed by atoms with Gasteiger partial charge in [-0.15, -0.1) is 0 Å². The fourth-order valence-electron chi connectivity index (χ4n) is 11.5. The number of nitrogens with zero attached hydrogens (tertiary/aromatic N) is 2. The summed E-state index contributed by atoms with van der Waals surface area (Å²) in [5.74, 6) is 2.58. The first-order chi connectivity index (χ1) is 20.3. The summed E-state index contributed by atoms with van der Waals surface area (Å²) in [6.45, 7) is 11.1. The summed E-state index contributed by atoms with van der Waals surface area (Å²) in [6.07, 6.45) is 16.1. The molecule has 0 aromatic carbocycles. The predicted octanol–water partition coefficient (Wildman–Crippen LogP) is 7.20. The van der Waals surface area contributed by atoms with Gasteiger partial charge in [0.2, 0.25) is 0 Å².